The van der Waals surface area contributed by atoms with Gasteiger partial charge in [-0.25, -0.2) is 14.8 Å². The minimum absolute atomic E-state index is 0.263. The van der Waals surface area contributed by atoms with E-state index < -0.39 is 5.97 Å². The standard InChI is InChI=1S/C14H8BrClN2O3/c1-20-14(19)7-5-11(15)17-6-8(7)13-18-12-9(16)3-2-4-10(12)21-13/h2-6H,1H3. The minimum Gasteiger partial charge on any atom is -0.465 e. The molecule has 2 heterocycles. The Bertz CT molecular complexity index is 847. The summed E-state index contributed by atoms with van der Waals surface area (Å²) >= 11 is 9.30. The Morgan fingerprint density at radius 2 is 2.24 bits per heavy atom. The number of aromatic nitrogens is 2. The number of oxazole rings is 1. The lowest BCUT2D eigenvalue weighted by Crippen LogP contribution is -2.04. The lowest BCUT2D eigenvalue weighted by Gasteiger charge is -2.04. The van der Waals surface area contributed by atoms with E-state index in [1.807, 2.05) is 0 Å². The van der Waals surface area contributed by atoms with Crippen LogP contribution in [0, 0.1) is 0 Å². The van der Waals surface area contributed by atoms with Crippen molar-refractivity contribution in [3.8, 4) is 11.5 Å². The molecule has 3 rings (SSSR count). The molecule has 1 aromatic carbocycles. The van der Waals surface area contributed by atoms with Crippen LogP contribution < -0.4 is 0 Å². The summed E-state index contributed by atoms with van der Waals surface area (Å²) in [5.74, 6) is -0.236. The van der Waals surface area contributed by atoms with Gasteiger partial charge in [0.1, 0.15) is 10.1 Å². The van der Waals surface area contributed by atoms with Crippen molar-refractivity contribution in [1.29, 1.82) is 0 Å². The molecule has 5 nitrogen and oxygen atoms in total. The van der Waals surface area contributed by atoms with Crippen LogP contribution in [0.2, 0.25) is 5.02 Å². The first-order valence-electron chi connectivity index (χ1n) is 5.89. The highest BCUT2D eigenvalue weighted by molar-refractivity contribution is 9.10. The molecule has 7 heteroatoms. The van der Waals surface area contributed by atoms with E-state index in [0.29, 0.717) is 31.9 Å². The van der Waals surface area contributed by atoms with Gasteiger partial charge in [-0.05, 0) is 34.1 Å². The topological polar surface area (TPSA) is 65.2 Å². The second kappa shape index (κ2) is 5.46. The number of carbonyl (C=O) groups is 1. The van der Waals surface area contributed by atoms with Crippen LogP contribution in [0.5, 0.6) is 0 Å². The maximum absolute atomic E-state index is 11.9. The first kappa shape index (κ1) is 14.0. The zero-order valence-corrected chi connectivity index (χ0v) is 13.1. The third-order valence-electron chi connectivity index (χ3n) is 2.88. The van der Waals surface area contributed by atoms with Gasteiger partial charge in [0.2, 0.25) is 5.89 Å². The molecule has 0 spiro atoms. The molecule has 0 atom stereocenters. The molecule has 0 radical (unpaired) electrons. The number of rotatable bonds is 2. The van der Waals surface area contributed by atoms with Gasteiger partial charge in [-0.15, -0.1) is 0 Å². The van der Waals surface area contributed by atoms with E-state index in [2.05, 4.69) is 25.9 Å². The molecule has 0 aliphatic carbocycles. The highest BCUT2D eigenvalue weighted by Crippen LogP contribution is 2.31. The summed E-state index contributed by atoms with van der Waals surface area (Å²) in [5.41, 5.74) is 1.82. The van der Waals surface area contributed by atoms with Gasteiger partial charge < -0.3 is 9.15 Å². The summed E-state index contributed by atoms with van der Waals surface area (Å²) in [5, 5.41) is 0.479. The Kier molecular flexibility index (Phi) is 3.65. The van der Waals surface area contributed by atoms with E-state index in [9.17, 15) is 4.79 Å². The molecule has 21 heavy (non-hydrogen) atoms. The third-order valence-corrected chi connectivity index (χ3v) is 3.61. The third kappa shape index (κ3) is 2.52. The Hall–Kier alpha value is -1.92. The van der Waals surface area contributed by atoms with E-state index in [4.69, 9.17) is 20.8 Å². The Balaban J connectivity index is 2.23. The number of para-hydroxylation sites is 1. The van der Waals surface area contributed by atoms with Gasteiger partial charge in [0.05, 0.1) is 23.3 Å². The number of carbonyl (C=O) groups excluding carboxylic acids is 1. The summed E-state index contributed by atoms with van der Waals surface area (Å²) in [6.45, 7) is 0. The fourth-order valence-electron chi connectivity index (χ4n) is 1.91. The minimum atomic E-state index is -0.499. The highest BCUT2D eigenvalue weighted by Gasteiger charge is 2.19. The summed E-state index contributed by atoms with van der Waals surface area (Å²) < 4.78 is 10.9. The molecule has 0 bridgehead atoms. The number of fused-ring (bicyclic) bond motifs is 1. The van der Waals surface area contributed by atoms with Crippen molar-refractivity contribution in [1.82, 2.24) is 9.97 Å². The van der Waals surface area contributed by atoms with Crippen LogP contribution in [-0.4, -0.2) is 23.0 Å². The van der Waals surface area contributed by atoms with Crippen molar-refractivity contribution in [3.05, 3.63) is 45.7 Å². The Morgan fingerprint density at radius 1 is 1.43 bits per heavy atom. The molecule has 106 valence electrons. The molecule has 0 amide bonds. The van der Waals surface area contributed by atoms with Crippen LogP contribution >= 0.6 is 27.5 Å². The number of pyridine rings is 1. The summed E-state index contributed by atoms with van der Waals surface area (Å²) in [6, 6.07) is 6.79. The van der Waals surface area contributed by atoms with Crippen molar-refractivity contribution >= 4 is 44.6 Å². The molecular weight excluding hydrogens is 360 g/mol. The van der Waals surface area contributed by atoms with Gasteiger partial charge in [0.25, 0.3) is 0 Å². The molecular formula is C14H8BrClN2O3. The van der Waals surface area contributed by atoms with E-state index in [0.717, 1.165) is 0 Å². The number of ether oxygens (including phenoxy) is 1. The molecule has 2 aromatic heterocycles. The largest absolute Gasteiger partial charge is 0.465 e. The zero-order chi connectivity index (χ0) is 15.0. The predicted octanol–water partition coefficient (Wildman–Crippen LogP) is 4.09. The van der Waals surface area contributed by atoms with Crippen LogP contribution in [0.4, 0.5) is 0 Å². The van der Waals surface area contributed by atoms with Gasteiger partial charge in [-0.1, -0.05) is 17.7 Å². The monoisotopic (exact) mass is 366 g/mol. The van der Waals surface area contributed by atoms with Crippen LogP contribution in [-0.2, 0) is 4.74 Å². The van der Waals surface area contributed by atoms with Crippen LogP contribution in [0.3, 0.4) is 0 Å². The number of nitrogens with zero attached hydrogens (tertiary/aromatic N) is 2. The van der Waals surface area contributed by atoms with E-state index in [1.165, 1.54) is 13.3 Å². The fourth-order valence-corrected chi connectivity index (χ4v) is 2.45. The highest BCUT2D eigenvalue weighted by atomic mass is 79.9. The van der Waals surface area contributed by atoms with Crippen molar-refractivity contribution in [2.45, 2.75) is 0 Å². The first-order valence-corrected chi connectivity index (χ1v) is 7.06. The zero-order valence-electron chi connectivity index (χ0n) is 10.8. The number of methoxy groups -OCH3 is 1. The number of halogens is 2. The maximum Gasteiger partial charge on any atom is 0.338 e. The van der Waals surface area contributed by atoms with Crippen molar-refractivity contribution in [2.24, 2.45) is 0 Å². The molecule has 0 fully saturated rings. The summed E-state index contributed by atoms with van der Waals surface area (Å²) in [7, 11) is 1.31. The van der Waals surface area contributed by atoms with Gasteiger partial charge >= 0.3 is 5.97 Å². The second-order valence-corrected chi connectivity index (χ2v) is 5.37. The number of esters is 1. The van der Waals surface area contributed by atoms with Crippen LogP contribution in [0.25, 0.3) is 22.6 Å². The van der Waals surface area contributed by atoms with Crippen LogP contribution in [0.1, 0.15) is 10.4 Å². The van der Waals surface area contributed by atoms with E-state index >= 15 is 0 Å². The number of hydrogen-bond acceptors (Lipinski definition) is 5. The van der Waals surface area contributed by atoms with Gasteiger partial charge in [-0.2, -0.15) is 0 Å². The Morgan fingerprint density at radius 3 is 2.95 bits per heavy atom. The number of hydrogen-bond donors (Lipinski definition) is 0. The van der Waals surface area contributed by atoms with Crippen molar-refractivity contribution < 1.29 is 13.9 Å². The lowest BCUT2D eigenvalue weighted by atomic mass is 10.1. The van der Waals surface area contributed by atoms with Gasteiger partial charge in [0, 0.05) is 6.20 Å². The fraction of sp³-hybridized carbons (Fsp3) is 0.0714. The molecule has 0 saturated heterocycles. The predicted molar refractivity (Wildman–Crippen MR) is 81.3 cm³/mol. The smallest absolute Gasteiger partial charge is 0.338 e. The molecule has 0 aliphatic rings. The maximum atomic E-state index is 11.9. The van der Waals surface area contributed by atoms with Crippen LogP contribution in [0.15, 0.2) is 39.5 Å². The summed E-state index contributed by atoms with van der Waals surface area (Å²) in [6.07, 6.45) is 1.49. The molecule has 0 N–H and O–H groups in total. The van der Waals surface area contributed by atoms with Gasteiger partial charge in [-0.3, -0.25) is 0 Å². The molecule has 0 saturated carbocycles. The normalized spacial score (nSPS) is 10.8. The SMILES string of the molecule is COC(=O)c1cc(Br)ncc1-c1nc2c(Cl)cccc2o1. The lowest BCUT2D eigenvalue weighted by molar-refractivity contribution is 0.0601. The average Bonchev–Trinajstić information content (AvgIpc) is 2.91. The summed E-state index contributed by atoms with van der Waals surface area (Å²) in [4.78, 5) is 20.3. The second-order valence-electron chi connectivity index (χ2n) is 4.15. The van der Waals surface area contributed by atoms with Crippen molar-refractivity contribution in [2.75, 3.05) is 7.11 Å². The first-order chi connectivity index (χ1) is 10.1. The average molecular weight is 368 g/mol. The molecule has 0 aliphatic heterocycles. The van der Waals surface area contributed by atoms with Crippen molar-refractivity contribution in [3.63, 3.8) is 0 Å². The van der Waals surface area contributed by atoms with E-state index in [1.54, 1.807) is 24.3 Å². The molecule has 0 unspecified atom stereocenters. The molecule has 3 aromatic rings. The van der Waals surface area contributed by atoms with Gasteiger partial charge in [0.15, 0.2) is 5.58 Å². The quantitative estimate of drug-likeness (QED) is 0.504. The Labute approximate surface area is 133 Å². The number of benzene rings is 1. The van der Waals surface area contributed by atoms with E-state index in [-0.39, 0.29) is 5.89 Å².